The van der Waals surface area contributed by atoms with Crippen LogP contribution in [0.25, 0.3) is 0 Å². The van der Waals surface area contributed by atoms with Crippen molar-refractivity contribution in [2.75, 3.05) is 24.6 Å². The molecule has 0 aromatic heterocycles. The molecule has 0 heterocycles. The molecule has 0 amide bonds. The normalized spacial score (nSPS) is 12.6. The van der Waals surface area contributed by atoms with Crippen molar-refractivity contribution in [2.45, 2.75) is 84.6 Å². The molecule has 2 N–H and O–H groups in total. The Morgan fingerprint density at radius 3 is 1.04 bits per heavy atom. The summed E-state index contributed by atoms with van der Waals surface area (Å²) in [4.78, 5) is 0. The molecule has 0 aromatic carbocycles. The van der Waals surface area contributed by atoms with Crippen LogP contribution in [-0.2, 0) is 10.0 Å². The third-order valence-corrected chi connectivity index (χ3v) is 9.97. The molecular weight excluding hydrogens is 370 g/mol. The fourth-order valence-electron chi connectivity index (χ4n) is 2.64. The molecule has 0 bridgehead atoms. The Balaban J connectivity index is 0. The van der Waals surface area contributed by atoms with Gasteiger partial charge in [0.05, 0.1) is 24.6 Å². The fraction of sp³-hybridized carbons (Fsp3) is 1.00. The molecule has 0 aliphatic carbocycles. The van der Waals surface area contributed by atoms with Crippen molar-refractivity contribution in [3.05, 3.63) is 0 Å². The lowest BCUT2D eigenvalue weighted by Crippen LogP contribution is -2.30. The molecule has 3 nitrogen and oxygen atoms in total. The number of hydrogen-bond acceptors (Lipinski definition) is 2. The van der Waals surface area contributed by atoms with Crippen LogP contribution in [0.2, 0.25) is 0 Å². The number of halogens is 3. The van der Waals surface area contributed by atoms with E-state index in [0.717, 1.165) is 0 Å². The minimum Gasteiger partial charge on any atom is -0.221 e. The summed E-state index contributed by atoms with van der Waals surface area (Å²) in [6.45, 7) is 9.42. The van der Waals surface area contributed by atoms with Crippen LogP contribution in [0.15, 0.2) is 0 Å². The van der Waals surface area contributed by atoms with Crippen LogP contribution >= 0.6 is 7.26 Å². The molecule has 0 spiro atoms. The maximum absolute atomic E-state index is 10.8. The summed E-state index contributed by atoms with van der Waals surface area (Å²) < 4.78 is 51.2. The van der Waals surface area contributed by atoms with E-state index in [4.69, 9.17) is 0 Å². The highest BCUT2D eigenvalue weighted by atomic mass is 32.2. The van der Waals surface area contributed by atoms with Crippen molar-refractivity contribution in [1.82, 2.24) is 0 Å². The maximum atomic E-state index is 10.8. The van der Waals surface area contributed by atoms with E-state index in [9.17, 15) is 21.6 Å². The zero-order valence-corrected chi connectivity index (χ0v) is 18.1. The van der Waals surface area contributed by atoms with E-state index >= 15 is 0 Å². The number of sulfonamides is 1. The summed E-state index contributed by atoms with van der Waals surface area (Å²) in [5, 5.41) is 3.66. The highest BCUT2D eigenvalue weighted by Crippen LogP contribution is 2.61. The van der Waals surface area contributed by atoms with Crippen LogP contribution in [0.4, 0.5) is 13.2 Å². The van der Waals surface area contributed by atoms with Crippen LogP contribution in [-0.4, -0.2) is 38.6 Å². The molecule has 154 valence electrons. The summed E-state index contributed by atoms with van der Waals surface area (Å²) in [5.74, 6) is 0. The van der Waals surface area contributed by atoms with Gasteiger partial charge in [-0.1, -0.05) is 53.4 Å². The molecule has 0 unspecified atom stereocenters. The van der Waals surface area contributed by atoms with Crippen LogP contribution in [0.1, 0.15) is 79.1 Å². The van der Waals surface area contributed by atoms with Gasteiger partial charge in [-0.15, -0.1) is 0 Å². The van der Waals surface area contributed by atoms with Gasteiger partial charge in [-0.25, -0.2) is 13.6 Å². The third kappa shape index (κ3) is 13.9. The Morgan fingerprint density at radius 1 is 0.720 bits per heavy atom. The molecule has 8 heteroatoms. The number of unbranched alkanes of at least 4 members (excludes halogenated alkanes) is 4. The van der Waals surface area contributed by atoms with Gasteiger partial charge in [-0.05, 0) is 25.7 Å². The molecule has 0 atom stereocenters. The van der Waals surface area contributed by atoms with E-state index in [1.807, 2.05) is 0 Å². The van der Waals surface area contributed by atoms with Crippen molar-refractivity contribution in [3.63, 3.8) is 0 Å². The Kier molecular flexibility index (Phi) is 15.6. The lowest BCUT2D eigenvalue weighted by atomic mass is 10.4. The number of hydrogen-bond donors (Lipinski definition) is 1. The van der Waals surface area contributed by atoms with E-state index < -0.39 is 22.8 Å². The van der Waals surface area contributed by atoms with Crippen LogP contribution < -0.4 is 5.14 Å². The number of rotatable bonds is 12. The van der Waals surface area contributed by atoms with Gasteiger partial charge in [-0.3, -0.25) is 0 Å². The van der Waals surface area contributed by atoms with Crippen molar-refractivity contribution < 1.29 is 21.6 Å². The molecular formula is C17H38F3NO2PS+. The van der Waals surface area contributed by atoms with Crippen LogP contribution in [0, 0.1) is 0 Å². The van der Waals surface area contributed by atoms with E-state index in [-0.39, 0.29) is 0 Å². The topological polar surface area (TPSA) is 60.2 Å². The summed E-state index contributed by atoms with van der Waals surface area (Å²) >= 11 is 0. The van der Waals surface area contributed by atoms with E-state index in [0.29, 0.717) is 0 Å². The number of nitrogens with two attached hydrogens (primary N) is 1. The predicted octanol–water partition coefficient (Wildman–Crippen LogP) is 6.00. The maximum Gasteiger partial charge on any atom is 0.511 e. The first-order valence-corrected chi connectivity index (χ1v) is 13.5. The SMILES string of the molecule is CCCC[P+](CCCC)(CCCC)CCCC.NS(=O)(=O)C(F)(F)F. The third-order valence-electron chi connectivity index (χ3n) is 4.27. The van der Waals surface area contributed by atoms with Gasteiger partial charge in [0.2, 0.25) is 0 Å². The van der Waals surface area contributed by atoms with Gasteiger partial charge >= 0.3 is 15.5 Å². The Labute approximate surface area is 153 Å². The van der Waals surface area contributed by atoms with Crippen molar-refractivity contribution in [2.24, 2.45) is 5.14 Å². The summed E-state index contributed by atoms with van der Waals surface area (Å²) in [6.07, 6.45) is 17.9. The quantitative estimate of drug-likeness (QED) is 0.403. The smallest absolute Gasteiger partial charge is 0.221 e. The first kappa shape index (κ1) is 27.3. The second-order valence-electron chi connectivity index (χ2n) is 6.64. The second kappa shape index (κ2) is 14.2. The Hall–Kier alpha value is 0.130. The molecule has 25 heavy (non-hydrogen) atoms. The Morgan fingerprint density at radius 2 is 0.920 bits per heavy atom. The highest BCUT2D eigenvalue weighted by Gasteiger charge is 2.42. The summed E-state index contributed by atoms with van der Waals surface area (Å²) in [6, 6.07) is 0. The van der Waals surface area contributed by atoms with Gasteiger partial charge in [0.25, 0.3) is 0 Å². The lowest BCUT2D eigenvalue weighted by Gasteiger charge is -2.28. The van der Waals surface area contributed by atoms with Crippen molar-refractivity contribution in [1.29, 1.82) is 0 Å². The second-order valence-corrected chi connectivity index (χ2v) is 12.7. The zero-order chi connectivity index (χ0) is 20.0. The van der Waals surface area contributed by atoms with Crippen molar-refractivity contribution in [3.8, 4) is 0 Å². The number of primary sulfonamides is 1. The minimum atomic E-state index is -5.34. The van der Waals surface area contributed by atoms with Gasteiger partial charge in [0.1, 0.15) is 0 Å². The molecule has 0 aliphatic heterocycles. The Bertz CT molecular complexity index is 377. The molecule has 0 aromatic rings. The predicted molar refractivity (Wildman–Crippen MR) is 105 cm³/mol. The average Bonchev–Trinajstić information content (AvgIpc) is 2.52. The number of alkyl halides is 3. The van der Waals surface area contributed by atoms with Crippen LogP contribution in [0.3, 0.4) is 0 Å². The highest BCUT2D eigenvalue weighted by molar-refractivity contribution is 7.90. The summed E-state index contributed by atoms with van der Waals surface area (Å²) in [5.41, 5.74) is -5.31. The van der Waals surface area contributed by atoms with E-state index in [2.05, 4.69) is 32.8 Å². The monoisotopic (exact) mass is 408 g/mol. The van der Waals surface area contributed by atoms with Crippen molar-refractivity contribution >= 4 is 17.3 Å². The van der Waals surface area contributed by atoms with Gasteiger partial charge < -0.3 is 0 Å². The van der Waals surface area contributed by atoms with E-state index in [1.165, 1.54) is 51.4 Å². The van der Waals surface area contributed by atoms with Crippen LogP contribution in [0.5, 0.6) is 0 Å². The molecule has 0 radical (unpaired) electrons. The van der Waals surface area contributed by atoms with Gasteiger partial charge in [-0.2, -0.15) is 13.2 Å². The lowest BCUT2D eigenvalue weighted by molar-refractivity contribution is -0.0436. The molecule has 0 saturated carbocycles. The minimum absolute atomic E-state index is 0.562. The average molecular weight is 409 g/mol. The van der Waals surface area contributed by atoms with Gasteiger partial charge in [0, 0.05) is 7.26 Å². The largest absolute Gasteiger partial charge is 0.511 e. The molecule has 0 aliphatic rings. The zero-order valence-electron chi connectivity index (χ0n) is 16.4. The molecule has 0 fully saturated rings. The molecule has 0 rings (SSSR count). The standard InChI is InChI=1S/C16H36P.CH2F3NO2S/c1-5-9-13-17(14-10-6-2,15-11-7-3)16-12-8-4;2-1(3,4)8(5,6)7/h5-16H2,1-4H3;(H2,5,6,7)/q+1;. The van der Waals surface area contributed by atoms with E-state index in [1.54, 1.807) is 24.6 Å². The summed E-state index contributed by atoms with van der Waals surface area (Å²) in [7, 11) is -5.90. The molecule has 0 saturated heterocycles. The van der Waals surface area contributed by atoms with Gasteiger partial charge in [0.15, 0.2) is 0 Å². The first-order valence-electron chi connectivity index (χ1n) is 9.43. The first-order chi connectivity index (χ1) is 11.5. The fourth-order valence-corrected chi connectivity index (χ4v) is 7.93.